The van der Waals surface area contributed by atoms with E-state index >= 15 is 0 Å². The number of nitrogens with one attached hydrogen (secondary N) is 2. The molecule has 0 radical (unpaired) electrons. The van der Waals surface area contributed by atoms with Crippen molar-refractivity contribution in [1.29, 1.82) is 0 Å². The number of carbonyl (C=O) groups excluding carboxylic acids is 2. The molecule has 1 aromatic heterocycles. The monoisotopic (exact) mass is 457 g/mol. The Morgan fingerprint density at radius 2 is 1.41 bits per heavy atom. The number of hydrogen-bond acceptors (Lipinski definition) is 4. The van der Waals surface area contributed by atoms with Crippen molar-refractivity contribution in [1.82, 2.24) is 25.8 Å². The number of nitrogens with zero attached hydrogens (tertiary/aromatic N) is 3. The third-order valence-corrected chi connectivity index (χ3v) is 4.27. The molecule has 3 aromatic rings. The molecule has 0 saturated carbocycles. The summed E-state index contributed by atoms with van der Waals surface area (Å²) >= 11 is 0. The Hall–Kier alpha value is -3.90. The summed E-state index contributed by atoms with van der Waals surface area (Å²) in [6, 6.07) is 7.71. The number of amides is 2. The summed E-state index contributed by atoms with van der Waals surface area (Å²) < 4.78 is 78.0. The van der Waals surface area contributed by atoms with Gasteiger partial charge in [-0.15, -0.1) is 5.10 Å². The smallest absolute Gasteiger partial charge is 0.267 e. The third kappa shape index (κ3) is 4.87. The topological polar surface area (TPSA) is 88.9 Å². The van der Waals surface area contributed by atoms with Gasteiger partial charge < -0.3 is 0 Å². The second kappa shape index (κ2) is 8.32. The molecule has 0 aliphatic heterocycles. The number of halogens is 6. The van der Waals surface area contributed by atoms with Gasteiger partial charge in [0.2, 0.25) is 0 Å². The Labute approximate surface area is 176 Å². The third-order valence-electron chi connectivity index (χ3n) is 4.27. The zero-order valence-corrected chi connectivity index (χ0v) is 16.0. The molecular weight excluding hydrogens is 444 g/mol. The molecule has 168 valence electrons. The molecule has 13 heteroatoms. The number of hydrogen-bond donors (Lipinski definition) is 2. The van der Waals surface area contributed by atoms with Gasteiger partial charge in [-0.3, -0.25) is 20.4 Å². The van der Waals surface area contributed by atoms with Crippen molar-refractivity contribution >= 4 is 11.8 Å². The highest BCUT2D eigenvalue weighted by Gasteiger charge is 2.32. The van der Waals surface area contributed by atoms with E-state index in [0.29, 0.717) is 6.07 Å². The van der Waals surface area contributed by atoms with E-state index in [1.165, 1.54) is 13.0 Å². The predicted octanol–water partition coefficient (Wildman–Crippen LogP) is 3.69. The van der Waals surface area contributed by atoms with E-state index in [1.807, 2.05) is 10.9 Å². The van der Waals surface area contributed by atoms with Crippen LogP contribution in [-0.4, -0.2) is 26.8 Å². The fraction of sp³-hybridized carbons (Fsp3) is 0.158. The normalized spacial score (nSPS) is 11.8. The lowest BCUT2D eigenvalue weighted by Gasteiger charge is -2.10. The van der Waals surface area contributed by atoms with Gasteiger partial charge in [-0.2, -0.15) is 26.3 Å². The van der Waals surface area contributed by atoms with Crippen LogP contribution in [0.25, 0.3) is 5.69 Å². The van der Waals surface area contributed by atoms with Gasteiger partial charge >= 0.3 is 12.4 Å². The van der Waals surface area contributed by atoms with Crippen LogP contribution in [0.1, 0.15) is 37.7 Å². The lowest BCUT2D eigenvalue weighted by atomic mass is 10.1. The van der Waals surface area contributed by atoms with Gasteiger partial charge in [-0.1, -0.05) is 17.3 Å². The Morgan fingerprint density at radius 1 is 0.844 bits per heavy atom. The quantitative estimate of drug-likeness (QED) is 0.464. The Kier molecular flexibility index (Phi) is 5.92. The Bertz CT molecular complexity index is 1170. The summed E-state index contributed by atoms with van der Waals surface area (Å²) in [6.07, 6.45) is -9.24. The zero-order valence-electron chi connectivity index (χ0n) is 16.0. The van der Waals surface area contributed by atoms with Gasteiger partial charge in [0, 0.05) is 5.56 Å². The minimum Gasteiger partial charge on any atom is -0.267 e. The summed E-state index contributed by atoms with van der Waals surface area (Å²) in [7, 11) is 0. The molecular formula is C19H13F6N5O2. The number of benzene rings is 2. The van der Waals surface area contributed by atoms with Gasteiger partial charge in [0.1, 0.15) is 0 Å². The number of hydrazine groups is 1. The van der Waals surface area contributed by atoms with Gasteiger partial charge in [0.25, 0.3) is 11.8 Å². The zero-order chi connectivity index (χ0) is 23.7. The molecule has 0 bridgehead atoms. The summed E-state index contributed by atoms with van der Waals surface area (Å²) in [4.78, 5) is 24.4. The molecule has 3 rings (SSSR count). The molecule has 7 nitrogen and oxygen atoms in total. The van der Waals surface area contributed by atoms with E-state index in [4.69, 9.17) is 0 Å². The molecule has 2 amide bonds. The van der Waals surface area contributed by atoms with Crippen molar-refractivity contribution in [3.8, 4) is 5.69 Å². The van der Waals surface area contributed by atoms with Crippen LogP contribution >= 0.6 is 0 Å². The molecule has 0 aliphatic carbocycles. The van der Waals surface area contributed by atoms with E-state index in [0.717, 1.165) is 41.1 Å². The molecule has 1 heterocycles. The van der Waals surface area contributed by atoms with E-state index in [1.54, 1.807) is 0 Å². The van der Waals surface area contributed by atoms with E-state index in [9.17, 15) is 35.9 Å². The fourth-order valence-corrected chi connectivity index (χ4v) is 2.68. The van der Waals surface area contributed by atoms with Crippen LogP contribution in [0.15, 0.2) is 48.5 Å². The fourth-order valence-electron chi connectivity index (χ4n) is 2.68. The molecule has 0 aliphatic rings. The molecule has 32 heavy (non-hydrogen) atoms. The van der Waals surface area contributed by atoms with E-state index in [2.05, 4.69) is 10.3 Å². The maximum absolute atomic E-state index is 12.9. The average Bonchev–Trinajstić information content (AvgIpc) is 3.12. The molecule has 0 unspecified atom stereocenters. The number of carbonyl (C=O) groups is 2. The van der Waals surface area contributed by atoms with Crippen molar-refractivity contribution in [2.75, 3.05) is 0 Å². The SMILES string of the molecule is Cc1c(C(=O)NNC(=O)c2cccc(C(F)(F)F)c2)nnn1-c1cccc(C(F)(F)F)c1. The highest BCUT2D eigenvalue weighted by Crippen LogP contribution is 2.31. The highest BCUT2D eigenvalue weighted by atomic mass is 19.4. The molecule has 2 aromatic carbocycles. The van der Waals surface area contributed by atoms with Crippen molar-refractivity contribution in [2.24, 2.45) is 0 Å². The van der Waals surface area contributed by atoms with Gasteiger partial charge in [0.05, 0.1) is 22.5 Å². The average molecular weight is 457 g/mol. The van der Waals surface area contributed by atoms with E-state index in [-0.39, 0.29) is 22.6 Å². The first kappa shape index (κ1) is 22.8. The first-order valence-corrected chi connectivity index (χ1v) is 8.76. The standard InChI is InChI=1S/C19H13F6N5O2/c1-10-15(26-29-30(10)14-7-3-6-13(9-14)19(23,24)25)17(32)28-27-16(31)11-4-2-5-12(8-11)18(20,21)22/h2-9H,1H3,(H,27,31)(H,28,32). The van der Waals surface area contributed by atoms with Crippen LogP contribution in [0, 0.1) is 6.92 Å². The number of alkyl halides is 6. The largest absolute Gasteiger partial charge is 0.416 e. The minimum atomic E-state index is -4.65. The van der Waals surface area contributed by atoms with Crippen molar-refractivity contribution in [3.05, 3.63) is 76.6 Å². The molecule has 0 saturated heterocycles. The lowest BCUT2D eigenvalue weighted by Crippen LogP contribution is -2.42. The highest BCUT2D eigenvalue weighted by molar-refractivity contribution is 5.98. The summed E-state index contributed by atoms with van der Waals surface area (Å²) in [5.74, 6) is -1.99. The van der Waals surface area contributed by atoms with Gasteiger partial charge in [-0.05, 0) is 43.3 Å². The number of rotatable bonds is 3. The van der Waals surface area contributed by atoms with Crippen LogP contribution in [-0.2, 0) is 12.4 Å². The van der Waals surface area contributed by atoms with Gasteiger partial charge in [-0.25, -0.2) is 4.68 Å². The van der Waals surface area contributed by atoms with Crippen LogP contribution in [0.2, 0.25) is 0 Å². The van der Waals surface area contributed by atoms with Crippen LogP contribution in [0.3, 0.4) is 0 Å². The lowest BCUT2D eigenvalue weighted by molar-refractivity contribution is -0.138. The van der Waals surface area contributed by atoms with Crippen LogP contribution < -0.4 is 10.9 Å². The molecule has 0 atom stereocenters. The second-order valence-corrected chi connectivity index (χ2v) is 6.47. The predicted molar refractivity (Wildman–Crippen MR) is 97.5 cm³/mol. The van der Waals surface area contributed by atoms with Crippen molar-refractivity contribution in [2.45, 2.75) is 19.3 Å². The molecule has 0 fully saturated rings. The minimum absolute atomic E-state index is 0.00289. The van der Waals surface area contributed by atoms with Crippen LogP contribution in [0.4, 0.5) is 26.3 Å². The van der Waals surface area contributed by atoms with Crippen molar-refractivity contribution < 1.29 is 35.9 Å². The second-order valence-electron chi connectivity index (χ2n) is 6.47. The number of aromatic nitrogens is 3. The Morgan fingerprint density at radius 3 is 2.03 bits per heavy atom. The summed E-state index contributed by atoms with van der Waals surface area (Å²) in [5, 5.41) is 7.26. The molecule has 0 spiro atoms. The first-order valence-electron chi connectivity index (χ1n) is 8.76. The Balaban J connectivity index is 1.74. The van der Waals surface area contributed by atoms with Gasteiger partial charge in [0.15, 0.2) is 5.69 Å². The maximum atomic E-state index is 12.9. The van der Waals surface area contributed by atoms with Crippen molar-refractivity contribution in [3.63, 3.8) is 0 Å². The summed E-state index contributed by atoms with van der Waals surface area (Å²) in [6.45, 7) is 1.36. The first-order chi connectivity index (χ1) is 14.9. The van der Waals surface area contributed by atoms with E-state index < -0.39 is 35.3 Å². The molecule has 2 N–H and O–H groups in total. The van der Waals surface area contributed by atoms with Crippen LogP contribution in [0.5, 0.6) is 0 Å². The summed E-state index contributed by atoms with van der Waals surface area (Å²) in [5.41, 5.74) is 1.35. The maximum Gasteiger partial charge on any atom is 0.416 e.